The van der Waals surface area contributed by atoms with Crippen LogP contribution in [-0.4, -0.2) is 44.3 Å². The van der Waals surface area contributed by atoms with Gasteiger partial charge < -0.3 is 4.90 Å². The third-order valence-corrected chi connectivity index (χ3v) is 5.41. The Bertz CT molecular complexity index is 783. The van der Waals surface area contributed by atoms with E-state index < -0.39 is 15.9 Å². The molecule has 21 heavy (non-hydrogen) atoms. The Morgan fingerprint density at radius 2 is 2.05 bits per heavy atom. The van der Waals surface area contributed by atoms with E-state index in [9.17, 15) is 17.6 Å². The summed E-state index contributed by atoms with van der Waals surface area (Å²) in [6, 6.07) is 5.57. The monoisotopic (exact) mass is 329 g/mol. The van der Waals surface area contributed by atoms with E-state index in [1.54, 1.807) is 26.1 Å². The predicted molar refractivity (Wildman–Crippen MR) is 83.0 cm³/mol. The summed E-state index contributed by atoms with van der Waals surface area (Å²) in [7, 11) is -1.58. The number of amides is 1. The van der Waals surface area contributed by atoms with Crippen molar-refractivity contribution in [3.8, 4) is 0 Å². The van der Waals surface area contributed by atoms with Crippen molar-refractivity contribution >= 4 is 37.2 Å². The van der Waals surface area contributed by atoms with Crippen molar-refractivity contribution in [1.82, 2.24) is 4.90 Å². The van der Waals surface area contributed by atoms with Gasteiger partial charge in [0, 0.05) is 24.0 Å². The lowest BCUT2D eigenvalue weighted by molar-refractivity contribution is 0.0762. The Labute approximate surface area is 127 Å². The maximum Gasteiger partial charge on any atom is 0.263 e. The van der Waals surface area contributed by atoms with Crippen molar-refractivity contribution in [2.45, 2.75) is 13.0 Å². The second-order valence-electron chi connectivity index (χ2n) is 5.15. The first-order chi connectivity index (χ1) is 9.67. The zero-order chi connectivity index (χ0) is 15.8. The summed E-state index contributed by atoms with van der Waals surface area (Å²) < 4.78 is 36.6. The van der Waals surface area contributed by atoms with Gasteiger partial charge in [-0.15, -0.1) is 11.3 Å². The summed E-state index contributed by atoms with van der Waals surface area (Å²) in [5, 5.41) is 0.674. The van der Waals surface area contributed by atoms with Crippen LogP contribution >= 0.6 is 11.3 Å². The van der Waals surface area contributed by atoms with Gasteiger partial charge in [0.05, 0.1) is 10.6 Å². The highest BCUT2D eigenvalue weighted by molar-refractivity contribution is 7.90. The molecule has 4 nitrogen and oxygen atoms in total. The molecule has 1 atom stereocenters. The molecule has 0 fully saturated rings. The lowest BCUT2D eigenvalue weighted by Gasteiger charge is -2.23. The molecule has 1 heterocycles. The van der Waals surface area contributed by atoms with Crippen LogP contribution in [-0.2, 0) is 9.84 Å². The zero-order valence-corrected chi connectivity index (χ0v) is 13.6. The van der Waals surface area contributed by atoms with Crippen LogP contribution < -0.4 is 0 Å². The smallest absolute Gasteiger partial charge is 0.263 e. The molecule has 0 bridgehead atoms. The maximum absolute atomic E-state index is 13.2. The van der Waals surface area contributed by atoms with Crippen molar-refractivity contribution in [2.75, 3.05) is 19.1 Å². The molecule has 0 saturated carbocycles. The molecule has 0 saturated heterocycles. The molecule has 2 rings (SSSR count). The first-order valence-corrected chi connectivity index (χ1v) is 9.19. The van der Waals surface area contributed by atoms with Crippen molar-refractivity contribution in [3.63, 3.8) is 0 Å². The molecule has 0 spiro atoms. The van der Waals surface area contributed by atoms with Gasteiger partial charge in [-0.3, -0.25) is 4.79 Å². The highest BCUT2D eigenvalue weighted by Crippen LogP contribution is 2.27. The Kier molecular flexibility index (Phi) is 4.34. The molecule has 1 unspecified atom stereocenters. The lowest BCUT2D eigenvalue weighted by atomic mass is 10.2. The normalized spacial score (nSPS) is 13.3. The fourth-order valence-corrected chi connectivity index (χ4v) is 4.17. The highest BCUT2D eigenvalue weighted by atomic mass is 32.2. The van der Waals surface area contributed by atoms with E-state index in [2.05, 4.69) is 0 Å². The van der Waals surface area contributed by atoms with Crippen LogP contribution in [0.25, 0.3) is 10.1 Å². The van der Waals surface area contributed by atoms with Gasteiger partial charge in [0.15, 0.2) is 0 Å². The summed E-state index contributed by atoms with van der Waals surface area (Å²) in [5.41, 5.74) is 0. The average Bonchev–Trinajstić information content (AvgIpc) is 2.77. The molecule has 1 aromatic heterocycles. The van der Waals surface area contributed by atoms with Crippen molar-refractivity contribution in [2.24, 2.45) is 0 Å². The van der Waals surface area contributed by atoms with Crippen molar-refractivity contribution < 1.29 is 17.6 Å². The van der Waals surface area contributed by atoms with Gasteiger partial charge in [0.1, 0.15) is 15.7 Å². The van der Waals surface area contributed by atoms with Gasteiger partial charge in [-0.25, -0.2) is 12.8 Å². The van der Waals surface area contributed by atoms with Gasteiger partial charge in [0.25, 0.3) is 5.91 Å². The van der Waals surface area contributed by atoms with Gasteiger partial charge >= 0.3 is 0 Å². The number of hydrogen-bond donors (Lipinski definition) is 0. The van der Waals surface area contributed by atoms with Crippen LogP contribution in [0.15, 0.2) is 24.3 Å². The largest absolute Gasteiger partial charge is 0.337 e. The number of sulfone groups is 1. The summed E-state index contributed by atoms with van der Waals surface area (Å²) in [5.74, 6) is -0.694. The molecule has 0 N–H and O–H groups in total. The van der Waals surface area contributed by atoms with Crippen LogP contribution in [0.1, 0.15) is 16.6 Å². The first-order valence-electron chi connectivity index (χ1n) is 6.31. The molecule has 2 aromatic rings. The molecular formula is C14H16FNO3S2. The number of halogens is 1. The molecule has 114 valence electrons. The van der Waals surface area contributed by atoms with E-state index in [4.69, 9.17) is 0 Å². The van der Waals surface area contributed by atoms with Gasteiger partial charge in [-0.05, 0) is 36.6 Å². The minimum absolute atomic E-state index is 0.0885. The van der Waals surface area contributed by atoms with Crippen molar-refractivity contribution in [1.29, 1.82) is 0 Å². The lowest BCUT2D eigenvalue weighted by Crippen LogP contribution is -2.38. The van der Waals surface area contributed by atoms with E-state index in [1.807, 2.05) is 0 Å². The zero-order valence-electron chi connectivity index (χ0n) is 12.0. The van der Waals surface area contributed by atoms with Crippen LogP contribution in [0.2, 0.25) is 0 Å². The predicted octanol–water partition coefficient (Wildman–Crippen LogP) is 2.55. The maximum atomic E-state index is 13.2. The highest BCUT2D eigenvalue weighted by Gasteiger charge is 2.22. The summed E-state index contributed by atoms with van der Waals surface area (Å²) in [4.78, 5) is 14.2. The van der Waals surface area contributed by atoms with Gasteiger partial charge in [-0.1, -0.05) is 0 Å². The van der Waals surface area contributed by atoms with Crippen LogP contribution in [0.4, 0.5) is 4.39 Å². The number of thiophene rings is 1. The minimum atomic E-state index is -3.15. The standard InChI is InChI=1S/C14H16FNO3S2/c1-9(8-21(3,18)19)16(2)14(17)13-7-10-6-11(15)4-5-12(10)20-13/h4-7,9H,8H2,1-3H3. The van der Waals surface area contributed by atoms with E-state index in [0.29, 0.717) is 10.3 Å². The van der Waals surface area contributed by atoms with E-state index in [1.165, 1.54) is 28.4 Å². The number of rotatable bonds is 4. The molecule has 0 aliphatic carbocycles. The number of fused-ring (bicyclic) bond motifs is 1. The van der Waals surface area contributed by atoms with E-state index in [-0.39, 0.29) is 17.5 Å². The third-order valence-electron chi connectivity index (χ3n) is 3.21. The topological polar surface area (TPSA) is 54.5 Å². The van der Waals surface area contributed by atoms with Crippen LogP contribution in [0, 0.1) is 5.82 Å². The molecular weight excluding hydrogens is 313 g/mol. The fourth-order valence-electron chi connectivity index (χ4n) is 2.04. The number of hydrogen-bond acceptors (Lipinski definition) is 4. The molecule has 0 aliphatic heterocycles. The summed E-state index contributed by atoms with van der Waals surface area (Å²) >= 11 is 1.27. The average molecular weight is 329 g/mol. The Balaban J connectivity index is 2.25. The number of benzene rings is 1. The first kappa shape index (κ1) is 15.9. The Morgan fingerprint density at radius 1 is 1.38 bits per heavy atom. The second-order valence-corrected chi connectivity index (χ2v) is 8.42. The fraction of sp³-hybridized carbons (Fsp3) is 0.357. The Morgan fingerprint density at radius 3 is 2.67 bits per heavy atom. The molecule has 0 aliphatic rings. The van der Waals surface area contributed by atoms with Crippen molar-refractivity contribution in [3.05, 3.63) is 35.0 Å². The molecule has 1 aromatic carbocycles. The minimum Gasteiger partial charge on any atom is -0.337 e. The molecule has 0 radical (unpaired) electrons. The quantitative estimate of drug-likeness (QED) is 0.866. The molecule has 1 amide bonds. The van der Waals surface area contributed by atoms with E-state index in [0.717, 1.165) is 11.0 Å². The SMILES string of the molecule is CC(CS(C)(=O)=O)N(C)C(=O)c1cc2cc(F)ccc2s1. The summed E-state index contributed by atoms with van der Waals surface area (Å²) in [6.45, 7) is 1.69. The summed E-state index contributed by atoms with van der Waals surface area (Å²) in [6.07, 6.45) is 1.14. The second kappa shape index (κ2) is 5.73. The number of carbonyl (C=O) groups excluding carboxylic acids is 1. The van der Waals surface area contributed by atoms with Crippen LogP contribution in [0.3, 0.4) is 0 Å². The number of nitrogens with zero attached hydrogens (tertiary/aromatic N) is 1. The Hall–Kier alpha value is -1.47. The van der Waals surface area contributed by atoms with Gasteiger partial charge in [-0.2, -0.15) is 0 Å². The number of carbonyl (C=O) groups is 1. The van der Waals surface area contributed by atoms with Gasteiger partial charge in [0.2, 0.25) is 0 Å². The van der Waals surface area contributed by atoms with Crippen LogP contribution in [0.5, 0.6) is 0 Å². The molecule has 7 heteroatoms. The van der Waals surface area contributed by atoms with E-state index >= 15 is 0 Å². The third kappa shape index (κ3) is 3.79.